The summed E-state index contributed by atoms with van der Waals surface area (Å²) in [7, 11) is 3.13. The summed E-state index contributed by atoms with van der Waals surface area (Å²) in [4.78, 5) is 85.8. The van der Waals surface area contributed by atoms with Crippen molar-refractivity contribution >= 4 is 18.8 Å². The van der Waals surface area contributed by atoms with E-state index in [-0.39, 0.29) is 13.1 Å². The first kappa shape index (κ1) is 43.6. The molecule has 1 rings (SSSR count). The fraction of sp³-hybridized carbons (Fsp3) is 0.812. The lowest BCUT2D eigenvalue weighted by atomic mass is 10.2. The molecule has 1 aromatic heterocycles. The molecule has 1 N–H and O–H groups in total. The lowest BCUT2D eigenvalue weighted by Crippen LogP contribution is -2.56. The second kappa shape index (κ2) is 29.5. The molecule has 0 aromatic carbocycles. The van der Waals surface area contributed by atoms with Crippen molar-refractivity contribution in [3.63, 3.8) is 0 Å². The van der Waals surface area contributed by atoms with E-state index in [0.717, 1.165) is 77.9 Å². The number of unbranched alkanes of at least 4 members (excludes halogenated alkanes) is 9. The first-order valence-corrected chi connectivity index (χ1v) is 17.3. The number of methoxy groups -OCH3 is 2. The van der Waals surface area contributed by atoms with Crippen molar-refractivity contribution in [2.75, 3.05) is 60.3 Å². The van der Waals surface area contributed by atoms with Gasteiger partial charge in [-0.25, -0.2) is 32.9 Å². The molecule has 0 saturated carbocycles. The smallest absolute Gasteiger partial charge is 0.347 e. The van der Waals surface area contributed by atoms with Crippen molar-refractivity contribution in [3.05, 3.63) is 31.5 Å². The van der Waals surface area contributed by atoms with Gasteiger partial charge in [0.15, 0.2) is 0 Å². The molecule has 49 heavy (non-hydrogen) atoms. The third-order valence-electron chi connectivity index (χ3n) is 7.32. The number of nitrogens with one attached hydrogen (secondary N) is 1. The van der Waals surface area contributed by atoms with Crippen LogP contribution in [0.25, 0.3) is 0 Å². The predicted octanol–water partition coefficient (Wildman–Crippen LogP) is 2.73. The fourth-order valence-electron chi connectivity index (χ4n) is 4.51. The molecule has 0 bridgehead atoms. The molecule has 1 atom stereocenters. The quantitative estimate of drug-likeness (QED) is 0.0381. The highest BCUT2D eigenvalue weighted by Crippen LogP contribution is 2.05. The summed E-state index contributed by atoms with van der Waals surface area (Å²) in [5.41, 5.74) is 0.273. The van der Waals surface area contributed by atoms with E-state index in [9.17, 15) is 19.2 Å². The highest BCUT2D eigenvalue weighted by molar-refractivity contribution is 5.73. The number of rotatable bonds is 32. The van der Waals surface area contributed by atoms with Gasteiger partial charge in [0.25, 0.3) is 0 Å². The molecule has 0 fully saturated rings. The van der Waals surface area contributed by atoms with Gasteiger partial charge in [-0.2, -0.15) is 15.3 Å². The number of ether oxygens (including phenoxy) is 2. The number of carbonyl (C=O) groups excluding carboxylic acids is 1. The van der Waals surface area contributed by atoms with Gasteiger partial charge in [-0.1, -0.05) is 51.9 Å². The monoisotopic (exact) mass is 702 g/mol. The lowest BCUT2D eigenvalue weighted by molar-refractivity contribution is -0.223. The Morgan fingerprint density at radius 3 is 1.67 bits per heavy atom. The topological polar surface area (TPSA) is 184 Å². The molecule has 282 valence electrons. The molecule has 0 aliphatic carbocycles. The van der Waals surface area contributed by atoms with Gasteiger partial charge in [-0.3, -0.25) is 9.98 Å². The zero-order valence-electron chi connectivity index (χ0n) is 29.8. The van der Waals surface area contributed by atoms with E-state index in [1.165, 1.54) is 19.7 Å². The Morgan fingerprint density at radius 1 is 0.694 bits per heavy atom. The van der Waals surface area contributed by atoms with Gasteiger partial charge in [0.05, 0.1) is 13.2 Å². The standard InChI is InChI=1S/C32H58N6O11/c1-5-6-7-14-19-35-49-29(39)28(2)38-31(41)36(20-15-10-8-12-17-33-26-47-45-24-22-43-3)30(40)37(32(38)42)21-16-11-9-13-18-34-27-48-46-25-23-44-4/h26-28,35H,5-25H2,1-4H3. The zero-order chi connectivity index (χ0) is 36.0. The molecule has 0 radical (unpaired) electrons. The summed E-state index contributed by atoms with van der Waals surface area (Å²) in [5, 5.41) is 0. The Labute approximate surface area is 288 Å². The van der Waals surface area contributed by atoms with E-state index in [2.05, 4.69) is 22.4 Å². The van der Waals surface area contributed by atoms with E-state index in [1.807, 2.05) is 0 Å². The maximum absolute atomic E-state index is 13.5. The number of hydrogen-bond donors (Lipinski definition) is 1. The third-order valence-corrected chi connectivity index (χ3v) is 7.32. The van der Waals surface area contributed by atoms with Crippen LogP contribution in [0.3, 0.4) is 0 Å². The minimum Gasteiger partial charge on any atom is -0.382 e. The van der Waals surface area contributed by atoms with E-state index < -0.39 is 29.1 Å². The molecule has 1 heterocycles. The normalized spacial score (nSPS) is 12.2. The van der Waals surface area contributed by atoms with Crippen LogP contribution < -0.4 is 22.5 Å². The third kappa shape index (κ3) is 19.4. The largest absolute Gasteiger partial charge is 0.382 e. The average Bonchev–Trinajstić information content (AvgIpc) is 3.09. The van der Waals surface area contributed by atoms with Crippen molar-refractivity contribution in [1.29, 1.82) is 0 Å². The number of aromatic nitrogens is 3. The van der Waals surface area contributed by atoms with Gasteiger partial charge >= 0.3 is 23.0 Å². The van der Waals surface area contributed by atoms with Crippen LogP contribution in [0, 0.1) is 0 Å². The summed E-state index contributed by atoms with van der Waals surface area (Å²) >= 11 is 0. The van der Waals surface area contributed by atoms with Crippen LogP contribution in [0.4, 0.5) is 0 Å². The van der Waals surface area contributed by atoms with Crippen LogP contribution in [0.5, 0.6) is 0 Å². The van der Waals surface area contributed by atoms with E-state index in [4.69, 9.17) is 33.9 Å². The van der Waals surface area contributed by atoms with Crippen molar-refractivity contribution < 1.29 is 38.7 Å². The zero-order valence-corrected chi connectivity index (χ0v) is 29.8. The van der Waals surface area contributed by atoms with E-state index >= 15 is 0 Å². The fourth-order valence-corrected chi connectivity index (χ4v) is 4.51. The van der Waals surface area contributed by atoms with Crippen LogP contribution >= 0.6 is 0 Å². The molecular weight excluding hydrogens is 644 g/mol. The molecule has 1 unspecified atom stereocenters. The number of aliphatic imine (C=N–C) groups is 2. The molecule has 0 aliphatic heterocycles. The molecule has 0 saturated heterocycles. The van der Waals surface area contributed by atoms with E-state index in [0.29, 0.717) is 58.9 Å². The van der Waals surface area contributed by atoms with Gasteiger partial charge in [0, 0.05) is 46.9 Å². The Balaban J connectivity index is 2.82. The van der Waals surface area contributed by atoms with Gasteiger partial charge < -0.3 is 24.1 Å². The van der Waals surface area contributed by atoms with Gasteiger partial charge in [0.2, 0.25) is 12.8 Å². The maximum atomic E-state index is 13.5. The summed E-state index contributed by atoms with van der Waals surface area (Å²) in [6, 6.07) is -1.24. The first-order chi connectivity index (χ1) is 23.9. The first-order valence-electron chi connectivity index (χ1n) is 17.3. The van der Waals surface area contributed by atoms with Crippen LogP contribution in [0.15, 0.2) is 24.4 Å². The van der Waals surface area contributed by atoms with Crippen LogP contribution in [0.1, 0.15) is 96.9 Å². The molecule has 0 amide bonds. The number of carbonyl (C=O) groups is 1. The average molecular weight is 703 g/mol. The SMILES string of the molecule is CCCCCCNOC(=O)C(C)n1c(=O)n(CCCCCCN=COOCCOC)c(=O)n(CCCCCCN=COOCCOC)c1=O. The molecule has 1 aromatic rings. The van der Waals surface area contributed by atoms with Gasteiger partial charge in [-0.15, -0.1) is 0 Å². The maximum Gasteiger partial charge on any atom is 0.347 e. The molecule has 0 spiro atoms. The van der Waals surface area contributed by atoms with Crippen molar-refractivity contribution in [1.82, 2.24) is 19.2 Å². The van der Waals surface area contributed by atoms with Gasteiger partial charge in [-0.05, 0) is 39.0 Å². The summed E-state index contributed by atoms with van der Waals surface area (Å²) in [6.45, 7) is 6.66. The Kier molecular flexibility index (Phi) is 26.3. The second-order valence-electron chi connectivity index (χ2n) is 11.2. The van der Waals surface area contributed by atoms with Crippen molar-refractivity contribution in [2.45, 2.75) is 110 Å². The highest BCUT2D eigenvalue weighted by atomic mass is 17.2. The minimum atomic E-state index is -1.24. The van der Waals surface area contributed by atoms with Crippen LogP contribution in [-0.4, -0.2) is 92.8 Å². The number of hydroxylamine groups is 1. The predicted molar refractivity (Wildman–Crippen MR) is 184 cm³/mol. The number of nitrogens with zero attached hydrogens (tertiary/aromatic N) is 5. The summed E-state index contributed by atoms with van der Waals surface area (Å²) < 4.78 is 12.6. The van der Waals surface area contributed by atoms with Crippen molar-refractivity contribution in [3.8, 4) is 0 Å². The second-order valence-corrected chi connectivity index (χ2v) is 11.2. The van der Waals surface area contributed by atoms with Gasteiger partial charge in [0.1, 0.15) is 19.3 Å². The van der Waals surface area contributed by atoms with Crippen LogP contribution in [0.2, 0.25) is 0 Å². The summed E-state index contributed by atoms with van der Waals surface area (Å²) in [6.07, 6.45) is 12.1. The number of hydrogen-bond acceptors (Lipinski definition) is 14. The Hall–Kier alpha value is -3.38. The lowest BCUT2D eigenvalue weighted by Gasteiger charge is -2.18. The Morgan fingerprint density at radius 2 is 1.18 bits per heavy atom. The van der Waals surface area contributed by atoms with Crippen LogP contribution in [-0.2, 0) is 51.7 Å². The minimum absolute atomic E-state index is 0.102. The Bertz CT molecular complexity index is 1160. The molecule has 17 nitrogen and oxygen atoms in total. The molecular formula is C32H58N6O11. The summed E-state index contributed by atoms with van der Waals surface area (Å²) in [5.74, 6) is -0.784. The highest BCUT2D eigenvalue weighted by Gasteiger charge is 2.25. The molecule has 0 aliphatic rings. The van der Waals surface area contributed by atoms with E-state index in [1.54, 1.807) is 14.2 Å². The van der Waals surface area contributed by atoms with Crippen molar-refractivity contribution in [2.24, 2.45) is 9.98 Å². The molecule has 17 heteroatoms.